The van der Waals surface area contributed by atoms with Crippen LogP contribution in [-0.2, 0) is 24.0 Å². The number of carbonyl (C=O) groups excluding carboxylic acids is 1. The van der Waals surface area contributed by atoms with Crippen LogP contribution in [0.15, 0.2) is 24.4 Å². The lowest BCUT2D eigenvalue weighted by atomic mass is 9.89. The molecule has 1 aliphatic heterocycles. The number of hydrogen-bond donors (Lipinski definition) is 1. The summed E-state index contributed by atoms with van der Waals surface area (Å²) in [6.07, 6.45) is 8.55. The zero-order valence-electron chi connectivity index (χ0n) is 15.3. The summed E-state index contributed by atoms with van der Waals surface area (Å²) in [5, 5.41) is 3.62. The molecule has 1 aliphatic carbocycles. The van der Waals surface area contributed by atoms with Gasteiger partial charge in [0.05, 0.1) is 0 Å². The topological polar surface area (TPSA) is 64.1 Å². The number of carbonyl (C=O) groups is 1. The average molecular weight is 386 g/mol. The zero-order valence-corrected chi connectivity index (χ0v) is 16.1. The van der Waals surface area contributed by atoms with E-state index in [2.05, 4.69) is 10.3 Å². The molecule has 0 unspecified atom stereocenters. The smallest absolute Gasteiger partial charge is 0.270 e. The van der Waals surface area contributed by atoms with Crippen molar-refractivity contribution in [2.24, 2.45) is 0 Å². The number of ether oxygens (including phenoxy) is 1. The van der Waals surface area contributed by atoms with Crippen LogP contribution >= 0.6 is 11.6 Å². The number of hydrogen-bond acceptors (Lipinski definition) is 4. The van der Waals surface area contributed by atoms with E-state index in [4.69, 9.17) is 21.3 Å². The van der Waals surface area contributed by atoms with Crippen LogP contribution in [0.4, 0.5) is 0 Å². The normalized spacial score (nSPS) is 17.4. The fraction of sp³-hybridized carbons (Fsp3) is 0.476. The van der Waals surface area contributed by atoms with Crippen LogP contribution in [0.1, 0.15) is 58.6 Å². The molecule has 1 saturated heterocycles. The minimum Gasteiger partial charge on any atom is -0.381 e. The maximum Gasteiger partial charge on any atom is 0.270 e. The minimum absolute atomic E-state index is 0.0780. The highest BCUT2D eigenvalue weighted by Gasteiger charge is 2.22. The van der Waals surface area contributed by atoms with Crippen LogP contribution in [0, 0.1) is 0 Å². The summed E-state index contributed by atoms with van der Waals surface area (Å²) < 4.78 is 5.37. The lowest BCUT2D eigenvalue weighted by molar-refractivity contribution is 0.0694. The summed E-state index contributed by atoms with van der Waals surface area (Å²) in [4.78, 5) is 21.7. The first kappa shape index (κ1) is 18.4. The quantitative estimate of drug-likeness (QED) is 0.818. The van der Waals surface area contributed by atoms with Gasteiger partial charge in [-0.05, 0) is 73.8 Å². The lowest BCUT2D eigenvalue weighted by Gasteiger charge is -2.24. The van der Waals surface area contributed by atoms with Gasteiger partial charge < -0.3 is 10.1 Å². The van der Waals surface area contributed by atoms with Crippen LogP contribution in [0.2, 0.25) is 5.15 Å². The van der Waals surface area contributed by atoms with E-state index in [-0.39, 0.29) is 11.9 Å². The number of aromatic nitrogens is 2. The fourth-order valence-corrected chi connectivity index (χ4v) is 4.01. The van der Waals surface area contributed by atoms with Gasteiger partial charge in [0.25, 0.3) is 5.91 Å². The molecule has 0 spiro atoms. The molecule has 0 radical (unpaired) electrons. The first-order valence-electron chi connectivity index (χ1n) is 9.70. The van der Waals surface area contributed by atoms with E-state index in [1.54, 1.807) is 6.20 Å². The predicted molar refractivity (Wildman–Crippen MR) is 104 cm³/mol. The standard InChI is InChI=1S/C21H24ClN3O2/c22-20-6-5-14(13-23-20)11-15-12-19(25-18-4-2-1-3-17(15)18)21(26)24-16-7-9-27-10-8-16/h5-6,12-13,16H,1-4,7-11H2,(H,24,26). The van der Waals surface area contributed by atoms with Crippen LogP contribution in [0.25, 0.3) is 0 Å². The second-order valence-corrected chi connectivity index (χ2v) is 7.71. The molecule has 142 valence electrons. The Bertz CT molecular complexity index is 817. The lowest BCUT2D eigenvalue weighted by Crippen LogP contribution is -2.39. The molecule has 3 heterocycles. The van der Waals surface area contributed by atoms with Crippen LogP contribution < -0.4 is 5.32 Å². The first-order valence-corrected chi connectivity index (χ1v) is 10.1. The summed E-state index contributed by atoms with van der Waals surface area (Å²) >= 11 is 5.91. The van der Waals surface area contributed by atoms with Crippen molar-refractivity contribution in [3.8, 4) is 0 Å². The predicted octanol–water partition coefficient (Wildman–Crippen LogP) is 3.51. The Kier molecular flexibility index (Phi) is 5.69. The molecule has 4 rings (SSSR count). The third kappa shape index (κ3) is 4.47. The Labute approximate surface area is 164 Å². The van der Waals surface area contributed by atoms with Crippen LogP contribution in [0.3, 0.4) is 0 Å². The van der Waals surface area contributed by atoms with Gasteiger partial charge in [0.1, 0.15) is 10.8 Å². The van der Waals surface area contributed by atoms with E-state index < -0.39 is 0 Å². The van der Waals surface area contributed by atoms with Crippen LogP contribution in [0.5, 0.6) is 0 Å². The monoisotopic (exact) mass is 385 g/mol. The van der Waals surface area contributed by atoms with Gasteiger partial charge in [-0.15, -0.1) is 0 Å². The molecule has 2 aromatic heterocycles. The van der Waals surface area contributed by atoms with Crippen molar-refractivity contribution in [1.82, 2.24) is 15.3 Å². The Morgan fingerprint density at radius 1 is 1.22 bits per heavy atom. The summed E-state index contributed by atoms with van der Waals surface area (Å²) in [5.74, 6) is -0.0780. The number of fused-ring (bicyclic) bond motifs is 1. The molecule has 0 bridgehead atoms. The van der Waals surface area contributed by atoms with Crippen molar-refractivity contribution in [3.63, 3.8) is 0 Å². The molecule has 2 aliphatic rings. The SMILES string of the molecule is O=C(NC1CCOCC1)c1cc(Cc2ccc(Cl)nc2)c2c(n1)CCCC2. The van der Waals surface area contributed by atoms with Crippen LogP contribution in [-0.4, -0.2) is 35.1 Å². The molecule has 0 aromatic carbocycles. The fourth-order valence-electron chi connectivity index (χ4n) is 3.89. The highest BCUT2D eigenvalue weighted by atomic mass is 35.5. The van der Waals surface area contributed by atoms with Gasteiger partial charge >= 0.3 is 0 Å². The highest BCUT2D eigenvalue weighted by molar-refractivity contribution is 6.29. The second kappa shape index (κ2) is 8.36. The Morgan fingerprint density at radius 2 is 2.04 bits per heavy atom. The number of pyridine rings is 2. The summed E-state index contributed by atoms with van der Waals surface area (Å²) in [6.45, 7) is 1.41. The van der Waals surface area contributed by atoms with E-state index >= 15 is 0 Å². The molecule has 0 saturated carbocycles. The van der Waals surface area contributed by atoms with E-state index in [0.717, 1.165) is 49.8 Å². The molecule has 2 aromatic rings. The molecule has 6 heteroatoms. The van der Waals surface area contributed by atoms with E-state index in [1.165, 1.54) is 17.5 Å². The van der Waals surface area contributed by atoms with E-state index in [9.17, 15) is 4.79 Å². The number of nitrogens with one attached hydrogen (secondary N) is 1. The third-order valence-corrected chi connectivity index (χ3v) is 5.59. The first-order chi connectivity index (χ1) is 13.2. The van der Waals surface area contributed by atoms with Crippen molar-refractivity contribution in [3.05, 3.63) is 57.6 Å². The largest absolute Gasteiger partial charge is 0.381 e. The molecular formula is C21H24ClN3O2. The maximum absolute atomic E-state index is 12.8. The Balaban J connectivity index is 1.60. The molecule has 0 atom stereocenters. The number of aryl methyl sites for hydroxylation is 1. The Hall–Kier alpha value is -1.98. The maximum atomic E-state index is 12.8. The van der Waals surface area contributed by atoms with Crippen molar-refractivity contribution in [2.75, 3.05) is 13.2 Å². The average Bonchev–Trinajstić information content (AvgIpc) is 2.70. The van der Waals surface area contributed by atoms with Crippen molar-refractivity contribution in [2.45, 2.75) is 51.0 Å². The second-order valence-electron chi connectivity index (χ2n) is 7.33. The Morgan fingerprint density at radius 3 is 2.81 bits per heavy atom. The third-order valence-electron chi connectivity index (χ3n) is 5.37. The molecule has 27 heavy (non-hydrogen) atoms. The highest BCUT2D eigenvalue weighted by Crippen LogP contribution is 2.26. The number of nitrogens with zero attached hydrogens (tertiary/aromatic N) is 2. The van der Waals surface area contributed by atoms with Gasteiger partial charge in [0.2, 0.25) is 0 Å². The van der Waals surface area contributed by atoms with Gasteiger partial charge in [-0.3, -0.25) is 4.79 Å². The molecule has 5 nitrogen and oxygen atoms in total. The minimum atomic E-state index is -0.0780. The van der Waals surface area contributed by atoms with Crippen molar-refractivity contribution < 1.29 is 9.53 Å². The van der Waals surface area contributed by atoms with Gasteiger partial charge in [0, 0.05) is 31.1 Å². The summed E-state index contributed by atoms with van der Waals surface area (Å²) in [7, 11) is 0. The van der Waals surface area contributed by atoms with Crippen molar-refractivity contribution >= 4 is 17.5 Å². The molecule has 1 fully saturated rings. The molecule has 1 N–H and O–H groups in total. The van der Waals surface area contributed by atoms with Gasteiger partial charge in [-0.2, -0.15) is 0 Å². The van der Waals surface area contributed by atoms with Gasteiger partial charge in [-0.25, -0.2) is 9.97 Å². The van der Waals surface area contributed by atoms with E-state index in [1.807, 2.05) is 18.2 Å². The molecular weight excluding hydrogens is 362 g/mol. The molecule has 1 amide bonds. The number of halogens is 1. The van der Waals surface area contributed by atoms with Crippen molar-refractivity contribution in [1.29, 1.82) is 0 Å². The zero-order chi connectivity index (χ0) is 18.6. The van der Waals surface area contributed by atoms with Gasteiger partial charge in [-0.1, -0.05) is 17.7 Å². The number of amides is 1. The number of rotatable bonds is 4. The summed E-state index contributed by atoms with van der Waals surface area (Å²) in [5.41, 5.74) is 5.19. The summed E-state index contributed by atoms with van der Waals surface area (Å²) in [6, 6.07) is 5.94. The van der Waals surface area contributed by atoms with E-state index in [0.29, 0.717) is 24.1 Å². The van der Waals surface area contributed by atoms with Gasteiger partial charge in [0.15, 0.2) is 0 Å².